The number of rotatable bonds is 9. The first-order valence-electron chi connectivity index (χ1n) is 10.5. The summed E-state index contributed by atoms with van der Waals surface area (Å²) in [6, 6.07) is 5.82. The highest BCUT2D eigenvalue weighted by Gasteiger charge is 2.28. The van der Waals surface area contributed by atoms with Gasteiger partial charge in [-0.15, -0.1) is 0 Å². The molecule has 8 nitrogen and oxygen atoms in total. The number of carboxylic acids is 1. The minimum absolute atomic E-state index is 0.111. The molecular formula is C23H33N3O5. The van der Waals surface area contributed by atoms with E-state index in [9.17, 15) is 19.5 Å². The Kier molecular flexibility index (Phi) is 8.08. The summed E-state index contributed by atoms with van der Waals surface area (Å²) >= 11 is 0. The molecule has 0 fully saturated rings. The van der Waals surface area contributed by atoms with Crippen molar-refractivity contribution < 1.29 is 24.2 Å². The fourth-order valence-corrected chi connectivity index (χ4v) is 3.32. The molecular weight excluding hydrogens is 398 g/mol. The molecule has 2 amide bonds. The normalized spacial score (nSPS) is 13.6. The molecule has 2 atom stereocenters. The maximum absolute atomic E-state index is 12.8. The van der Waals surface area contributed by atoms with Gasteiger partial charge in [-0.05, 0) is 57.6 Å². The van der Waals surface area contributed by atoms with Gasteiger partial charge in [0.15, 0.2) is 0 Å². The summed E-state index contributed by atoms with van der Waals surface area (Å²) in [4.78, 5) is 39.9. The number of hydrogen-bond acceptors (Lipinski definition) is 4. The predicted molar refractivity (Wildman–Crippen MR) is 119 cm³/mol. The van der Waals surface area contributed by atoms with E-state index in [1.807, 2.05) is 44.3 Å². The van der Waals surface area contributed by atoms with Gasteiger partial charge in [0.1, 0.15) is 17.7 Å². The fraction of sp³-hybridized carbons (Fsp3) is 0.522. The zero-order valence-electron chi connectivity index (χ0n) is 18.8. The number of ether oxygens (including phenoxy) is 1. The SMILES string of the molecule is CC(C)C[C@H](NC(=O)OC(C)(C)C)C(=O)NC(CCc1c[nH]c2ccccc12)C(=O)O. The first kappa shape index (κ1) is 24.2. The van der Waals surface area contributed by atoms with E-state index in [1.54, 1.807) is 20.8 Å². The number of nitrogens with one attached hydrogen (secondary N) is 3. The van der Waals surface area contributed by atoms with Crippen LogP contribution in [0.2, 0.25) is 0 Å². The van der Waals surface area contributed by atoms with Gasteiger partial charge in [0.05, 0.1) is 0 Å². The third kappa shape index (κ3) is 7.62. The van der Waals surface area contributed by atoms with Crippen molar-refractivity contribution in [2.75, 3.05) is 0 Å². The lowest BCUT2D eigenvalue weighted by Crippen LogP contribution is -2.52. The Morgan fingerprint density at radius 3 is 2.39 bits per heavy atom. The van der Waals surface area contributed by atoms with E-state index in [2.05, 4.69) is 15.6 Å². The number of aromatic nitrogens is 1. The van der Waals surface area contributed by atoms with Crippen LogP contribution in [-0.2, 0) is 20.7 Å². The molecule has 0 saturated carbocycles. The van der Waals surface area contributed by atoms with E-state index >= 15 is 0 Å². The van der Waals surface area contributed by atoms with Crippen molar-refractivity contribution in [3.63, 3.8) is 0 Å². The number of carbonyl (C=O) groups is 3. The van der Waals surface area contributed by atoms with Gasteiger partial charge in [0, 0.05) is 17.1 Å². The highest BCUT2D eigenvalue weighted by atomic mass is 16.6. The van der Waals surface area contributed by atoms with Gasteiger partial charge < -0.3 is 25.5 Å². The standard InChI is InChI=1S/C23H33N3O5/c1-14(2)12-19(26-22(30)31-23(3,4)5)20(27)25-18(21(28)29)11-10-15-13-24-17-9-7-6-8-16(15)17/h6-9,13-14,18-19,24H,10-12H2,1-5H3,(H,25,27)(H,26,30)(H,28,29)/t18?,19-/m0/s1. The first-order chi connectivity index (χ1) is 14.5. The maximum atomic E-state index is 12.8. The van der Waals surface area contributed by atoms with E-state index in [0.717, 1.165) is 16.5 Å². The van der Waals surface area contributed by atoms with Crippen molar-refractivity contribution in [3.05, 3.63) is 36.0 Å². The lowest BCUT2D eigenvalue weighted by Gasteiger charge is -2.25. The molecule has 1 unspecified atom stereocenters. The largest absolute Gasteiger partial charge is 0.480 e. The molecule has 0 spiro atoms. The molecule has 2 rings (SSSR count). The monoisotopic (exact) mass is 431 g/mol. The Morgan fingerprint density at radius 1 is 1.10 bits per heavy atom. The third-order valence-corrected chi connectivity index (χ3v) is 4.71. The molecule has 1 aromatic heterocycles. The van der Waals surface area contributed by atoms with Crippen LogP contribution in [0.3, 0.4) is 0 Å². The number of aromatic amines is 1. The lowest BCUT2D eigenvalue weighted by atomic mass is 10.0. The molecule has 0 aliphatic carbocycles. The summed E-state index contributed by atoms with van der Waals surface area (Å²) < 4.78 is 5.24. The topological polar surface area (TPSA) is 121 Å². The summed E-state index contributed by atoms with van der Waals surface area (Å²) in [6.07, 6.45) is 2.22. The average Bonchev–Trinajstić information content (AvgIpc) is 3.05. The number of aliphatic carboxylic acids is 1. The van der Waals surface area contributed by atoms with Crippen molar-refractivity contribution in [1.82, 2.24) is 15.6 Å². The van der Waals surface area contributed by atoms with Gasteiger partial charge in [-0.2, -0.15) is 0 Å². The molecule has 31 heavy (non-hydrogen) atoms. The molecule has 4 N–H and O–H groups in total. The predicted octanol–water partition coefficient (Wildman–Crippen LogP) is 3.61. The second-order valence-electron chi connectivity index (χ2n) is 9.13. The Labute approximate surface area is 182 Å². The van der Waals surface area contributed by atoms with E-state index in [-0.39, 0.29) is 12.3 Å². The molecule has 0 aliphatic rings. The second kappa shape index (κ2) is 10.3. The number of carboxylic acid groups (broad SMARTS) is 1. The molecule has 0 radical (unpaired) electrons. The summed E-state index contributed by atoms with van der Waals surface area (Å²) in [5.41, 5.74) is 1.26. The first-order valence-corrected chi connectivity index (χ1v) is 10.5. The summed E-state index contributed by atoms with van der Waals surface area (Å²) in [7, 11) is 0. The Bertz CT molecular complexity index is 913. The van der Waals surface area contributed by atoms with Crippen LogP contribution in [0.15, 0.2) is 30.5 Å². The fourth-order valence-electron chi connectivity index (χ4n) is 3.32. The van der Waals surface area contributed by atoms with Crippen molar-refractivity contribution in [1.29, 1.82) is 0 Å². The molecule has 2 aromatic rings. The minimum Gasteiger partial charge on any atom is -0.480 e. The molecule has 0 bridgehead atoms. The van der Waals surface area contributed by atoms with E-state index in [4.69, 9.17) is 4.74 Å². The second-order valence-corrected chi connectivity index (χ2v) is 9.13. The van der Waals surface area contributed by atoms with Gasteiger partial charge in [-0.25, -0.2) is 9.59 Å². The van der Waals surface area contributed by atoms with Crippen molar-refractivity contribution in [2.24, 2.45) is 5.92 Å². The molecule has 0 saturated heterocycles. The third-order valence-electron chi connectivity index (χ3n) is 4.71. The number of amides is 2. The van der Waals surface area contributed by atoms with Crippen molar-refractivity contribution in [3.8, 4) is 0 Å². The van der Waals surface area contributed by atoms with Crippen LogP contribution in [0.25, 0.3) is 10.9 Å². The summed E-state index contributed by atoms with van der Waals surface area (Å²) in [6.45, 7) is 9.03. The van der Waals surface area contributed by atoms with Crippen LogP contribution in [0.4, 0.5) is 4.79 Å². The summed E-state index contributed by atoms with van der Waals surface area (Å²) in [5.74, 6) is -1.54. The average molecular weight is 432 g/mol. The zero-order valence-corrected chi connectivity index (χ0v) is 18.8. The number of hydrogen-bond donors (Lipinski definition) is 4. The lowest BCUT2D eigenvalue weighted by molar-refractivity contribution is -0.142. The number of carbonyl (C=O) groups excluding carboxylic acids is 2. The highest BCUT2D eigenvalue weighted by Crippen LogP contribution is 2.19. The van der Waals surface area contributed by atoms with Gasteiger partial charge >= 0.3 is 12.1 Å². The van der Waals surface area contributed by atoms with Gasteiger partial charge in [0.2, 0.25) is 5.91 Å². The number of benzene rings is 1. The Morgan fingerprint density at radius 2 is 1.77 bits per heavy atom. The van der Waals surface area contributed by atoms with E-state index in [0.29, 0.717) is 12.8 Å². The molecule has 1 aromatic carbocycles. The number of alkyl carbamates (subject to hydrolysis) is 1. The van der Waals surface area contributed by atoms with E-state index < -0.39 is 35.7 Å². The smallest absolute Gasteiger partial charge is 0.408 e. The zero-order chi connectivity index (χ0) is 23.2. The number of aryl methyl sites for hydroxylation is 1. The Balaban J connectivity index is 2.05. The molecule has 0 aliphatic heterocycles. The highest BCUT2D eigenvalue weighted by molar-refractivity contribution is 5.89. The molecule has 1 heterocycles. The van der Waals surface area contributed by atoms with Crippen LogP contribution in [0, 0.1) is 5.92 Å². The van der Waals surface area contributed by atoms with Crippen LogP contribution < -0.4 is 10.6 Å². The van der Waals surface area contributed by atoms with Gasteiger partial charge in [-0.1, -0.05) is 32.0 Å². The number of para-hydroxylation sites is 1. The number of H-pyrrole nitrogens is 1. The van der Waals surface area contributed by atoms with Crippen LogP contribution in [-0.4, -0.2) is 45.7 Å². The van der Waals surface area contributed by atoms with E-state index in [1.165, 1.54) is 0 Å². The van der Waals surface area contributed by atoms with Gasteiger partial charge in [-0.3, -0.25) is 4.79 Å². The molecule has 8 heteroatoms. The van der Waals surface area contributed by atoms with Crippen molar-refractivity contribution >= 4 is 28.9 Å². The minimum atomic E-state index is -1.12. The Hall–Kier alpha value is -3.03. The van der Waals surface area contributed by atoms with Gasteiger partial charge in [0.25, 0.3) is 0 Å². The maximum Gasteiger partial charge on any atom is 0.408 e. The molecule has 170 valence electrons. The quantitative estimate of drug-likeness (QED) is 0.483. The summed E-state index contributed by atoms with van der Waals surface area (Å²) in [5, 5.41) is 15.8. The number of fused-ring (bicyclic) bond motifs is 1. The van der Waals surface area contributed by atoms with Crippen LogP contribution >= 0.6 is 0 Å². The van der Waals surface area contributed by atoms with Crippen LogP contribution in [0.1, 0.15) is 53.0 Å². The van der Waals surface area contributed by atoms with Crippen LogP contribution in [0.5, 0.6) is 0 Å². The van der Waals surface area contributed by atoms with Crippen molar-refractivity contribution in [2.45, 2.75) is 71.6 Å².